The fourth-order valence-corrected chi connectivity index (χ4v) is 4.82. The molecule has 2 aromatic rings. The molecular formula is C22H29N5O3. The minimum Gasteiger partial charge on any atom is -0.459 e. The molecule has 3 aliphatic rings. The van der Waals surface area contributed by atoms with Gasteiger partial charge in [0.1, 0.15) is 5.82 Å². The van der Waals surface area contributed by atoms with Crippen molar-refractivity contribution in [3.8, 4) is 0 Å². The zero-order valence-electron chi connectivity index (χ0n) is 17.7. The van der Waals surface area contributed by atoms with E-state index in [0.717, 1.165) is 31.2 Å². The number of anilines is 2. The monoisotopic (exact) mass is 411 g/mol. The van der Waals surface area contributed by atoms with Gasteiger partial charge in [-0.1, -0.05) is 0 Å². The largest absolute Gasteiger partial charge is 0.459 e. The highest BCUT2D eigenvalue weighted by molar-refractivity contribution is 5.91. The number of aryl methyl sites for hydroxylation is 1. The summed E-state index contributed by atoms with van der Waals surface area (Å²) >= 11 is 0. The summed E-state index contributed by atoms with van der Waals surface area (Å²) in [7, 11) is 3.98. The van der Waals surface area contributed by atoms with Gasteiger partial charge in [-0.05, 0) is 37.8 Å². The molecule has 2 aliphatic heterocycles. The lowest BCUT2D eigenvalue weighted by Crippen LogP contribution is -2.46. The molecule has 0 saturated carbocycles. The number of aromatic nitrogens is 2. The van der Waals surface area contributed by atoms with Gasteiger partial charge in [-0.3, -0.25) is 4.79 Å². The third kappa shape index (κ3) is 3.53. The smallest absolute Gasteiger partial charge is 0.289 e. The molecule has 0 unspecified atom stereocenters. The second-order valence-electron chi connectivity index (χ2n) is 8.77. The van der Waals surface area contributed by atoms with Crippen molar-refractivity contribution in [2.75, 3.05) is 56.7 Å². The summed E-state index contributed by atoms with van der Waals surface area (Å²) in [5.41, 5.74) is 2.46. The molecule has 4 heterocycles. The zero-order chi connectivity index (χ0) is 20.7. The number of carbonyl (C=O) groups is 1. The maximum Gasteiger partial charge on any atom is 0.289 e. The number of amides is 1. The van der Waals surface area contributed by atoms with E-state index in [0.29, 0.717) is 32.1 Å². The Labute approximate surface area is 176 Å². The van der Waals surface area contributed by atoms with Crippen LogP contribution in [0.5, 0.6) is 0 Å². The molecule has 160 valence electrons. The van der Waals surface area contributed by atoms with Crippen LogP contribution in [0.3, 0.4) is 0 Å². The quantitative estimate of drug-likeness (QED) is 0.765. The summed E-state index contributed by atoms with van der Waals surface area (Å²) in [5.74, 6) is 2.38. The van der Waals surface area contributed by atoms with Crippen LogP contribution >= 0.6 is 0 Å². The molecule has 5 rings (SSSR count). The molecule has 0 aromatic carbocycles. The van der Waals surface area contributed by atoms with Crippen molar-refractivity contribution in [1.82, 2.24) is 14.9 Å². The first kappa shape index (κ1) is 19.4. The molecule has 2 bridgehead atoms. The maximum atomic E-state index is 13.0. The summed E-state index contributed by atoms with van der Waals surface area (Å²) in [5, 5.41) is 0. The molecule has 1 amide bonds. The number of ether oxygens (including phenoxy) is 1. The highest BCUT2D eigenvalue weighted by Crippen LogP contribution is 2.33. The average Bonchev–Trinajstić information content (AvgIpc) is 3.12. The van der Waals surface area contributed by atoms with Gasteiger partial charge in [-0.15, -0.1) is 0 Å². The zero-order valence-corrected chi connectivity index (χ0v) is 17.7. The Bertz CT molecular complexity index is 914. The van der Waals surface area contributed by atoms with Crippen LogP contribution < -0.4 is 9.80 Å². The lowest BCUT2D eigenvalue weighted by Gasteiger charge is -2.34. The van der Waals surface area contributed by atoms with Gasteiger partial charge in [-0.2, -0.15) is 4.98 Å². The molecule has 8 heteroatoms. The van der Waals surface area contributed by atoms with E-state index in [1.807, 2.05) is 23.9 Å². The predicted molar refractivity (Wildman–Crippen MR) is 113 cm³/mol. The predicted octanol–water partition coefficient (Wildman–Crippen LogP) is 1.99. The van der Waals surface area contributed by atoms with Crippen LogP contribution in [-0.4, -0.2) is 73.8 Å². The molecule has 2 aromatic heterocycles. The van der Waals surface area contributed by atoms with Crippen LogP contribution in [0.4, 0.5) is 11.8 Å². The lowest BCUT2D eigenvalue weighted by molar-refractivity contribution is 0.0475. The third-order valence-electron chi connectivity index (χ3n) is 6.31. The maximum absolute atomic E-state index is 13.0. The van der Waals surface area contributed by atoms with Gasteiger partial charge in [0.25, 0.3) is 5.91 Å². The molecule has 30 heavy (non-hydrogen) atoms. The standard InChI is InChI=1S/C22H29N5O3/c1-25(2)22-23-18-7-4-3-6-17(18)20(24-22)27-11-15-10-26(12-16(27)14-29-13-15)21(28)19-8-5-9-30-19/h5,8-9,15-16H,3-4,6-7,10-14H2,1-2H3/t15-,16-/m0/s1. The molecule has 1 aliphatic carbocycles. The number of rotatable bonds is 3. The topological polar surface area (TPSA) is 74.9 Å². The molecule has 2 fully saturated rings. The molecular weight excluding hydrogens is 382 g/mol. The number of hydrogen-bond donors (Lipinski definition) is 0. The van der Waals surface area contributed by atoms with Gasteiger partial charge < -0.3 is 23.9 Å². The fourth-order valence-electron chi connectivity index (χ4n) is 4.82. The molecule has 0 spiro atoms. The first-order valence-corrected chi connectivity index (χ1v) is 10.8. The SMILES string of the molecule is CN(C)c1nc2c(c(N3C[C@H]4COC[C@@H]3CN(C(=O)c3ccco3)C4)n1)CCCC2. The first-order chi connectivity index (χ1) is 14.6. The van der Waals surface area contributed by atoms with E-state index in [2.05, 4.69) is 4.90 Å². The van der Waals surface area contributed by atoms with Crippen LogP contribution in [-0.2, 0) is 17.6 Å². The number of nitrogens with zero attached hydrogens (tertiary/aromatic N) is 5. The van der Waals surface area contributed by atoms with Gasteiger partial charge >= 0.3 is 0 Å². The van der Waals surface area contributed by atoms with E-state index < -0.39 is 0 Å². The van der Waals surface area contributed by atoms with Crippen molar-refractivity contribution in [1.29, 1.82) is 0 Å². The van der Waals surface area contributed by atoms with Crippen molar-refractivity contribution >= 4 is 17.7 Å². The minimum atomic E-state index is -0.0440. The van der Waals surface area contributed by atoms with Crippen LogP contribution in [0.2, 0.25) is 0 Å². The van der Waals surface area contributed by atoms with Crippen LogP contribution in [0.1, 0.15) is 34.7 Å². The van der Waals surface area contributed by atoms with Crippen LogP contribution in [0.15, 0.2) is 22.8 Å². The Morgan fingerprint density at radius 3 is 2.80 bits per heavy atom. The van der Waals surface area contributed by atoms with Crippen molar-refractivity contribution in [3.05, 3.63) is 35.4 Å². The highest BCUT2D eigenvalue weighted by atomic mass is 16.5. The summed E-state index contributed by atoms with van der Waals surface area (Å²) in [6.07, 6.45) is 5.93. The Balaban J connectivity index is 1.51. The molecule has 8 nitrogen and oxygen atoms in total. The third-order valence-corrected chi connectivity index (χ3v) is 6.31. The first-order valence-electron chi connectivity index (χ1n) is 10.8. The summed E-state index contributed by atoms with van der Waals surface area (Å²) in [6.45, 7) is 3.35. The minimum absolute atomic E-state index is 0.0440. The Hall–Kier alpha value is -2.61. The molecule has 0 N–H and O–H groups in total. The van der Waals surface area contributed by atoms with Crippen molar-refractivity contribution < 1.29 is 13.9 Å². The highest BCUT2D eigenvalue weighted by Gasteiger charge is 2.38. The molecule has 0 radical (unpaired) electrons. The summed E-state index contributed by atoms with van der Waals surface area (Å²) in [4.78, 5) is 29.1. The van der Waals surface area contributed by atoms with Gasteiger partial charge in [0.15, 0.2) is 5.76 Å². The fraction of sp³-hybridized carbons (Fsp3) is 0.591. The van der Waals surface area contributed by atoms with E-state index in [9.17, 15) is 4.79 Å². The molecule has 2 saturated heterocycles. The van der Waals surface area contributed by atoms with Gasteiger partial charge in [-0.25, -0.2) is 4.98 Å². The summed E-state index contributed by atoms with van der Waals surface area (Å²) in [6, 6.07) is 3.56. The lowest BCUT2D eigenvalue weighted by atomic mass is 9.95. The van der Waals surface area contributed by atoms with Gasteiger partial charge in [0, 0.05) is 45.2 Å². The van der Waals surface area contributed by atoms with Gasteiger partial charge in [0.2, 0.25) is 5.95 Å². The Kier molecular flexibility index (Phi) is 5.10. The van der Waals surface area contributed by atoms with Gasteiger partial charge in [0.05, 0.1) is 31.2 Å². The number of furan rings is 1. The van der Waals surface area contributed by atoms with E-state index in [4.69, 9.17) is 19.1 Å². The van der Waals surface area contributed by atoms with E-state index in [1.54, 1.807) is 18.4 Å². The van der Waals surface area contributed by atoms with E-state index in [1.165, 1.54) is 24.1 Å². The van der Waals surface area contributed by atoms with Crippen molar-refractivity contribution in [2.24, 2.45) is 5.92 Å². The number of hydrogen-bond acceptors (Lipinski definition) is 7. The van der Waals surface area contributed by atoms with Crippen molar-refractivity contribution in [3.63, 3.8) is 0 Å². The van der Waals surface area contributed by atoms with E-state index in [-0.39, 0.29) is 17.9 Å². The Morgan fingerprint density at radius 1 is 1.13 bits per heavy atom. The van der Waals surface area contributed by atoms with Crippen LogP contribution in [0, 0.1) is 5.92 Å². The molecule has 2 atom stereocenters. The second-order valence-corrected chi connectivity index (χ2v) is 8.77. The summed E-state index contributed by atoms with van der Waals surface area (Å²) < 4.78 is 11.4. The van der Waals surface area contributed by atoms with E-state index >= 15 is 0 Å². The van der Waals surface area contributed by atoms with Crippen molar-refractivity contribution in [2.45, 2.75) is 31.7 Å². The second kappa shape index (κ2) is 7.91. The Morgan fingerprint density at radius 2 is 2.00 bits per heavy atom. The number of carbonyl (C=O) groups excluding carboxylic acids is 1. The van der Waals surface area contributed by atoms with Crippen LogP contribution in [0.25, 0.3) is 0 Å². The normalized spacial score (nSPS) is 23.7. The number of fused-ring (bicyclic) bond motifs is 4. The average molecular weight is 412 g/mol.